The molecular formula is C16H15N5O4. The van der Waals surface area contributed by atoms with Crippen molar-refractivity contribution in [1.29, 1.82) is 0 Å². The van der Waals surface area contributed by atoms with Crippen molar-refractivity contribution < 1.29 is 18.5 Å². The molecule has 25 heavy (non-hydrogen) atoms. The minimum atomic E-state index is -0.449. The number of carbonyl (C=O) groups excluding carboxylic acids is 2. The number of amides is 2. The number of nitrogens with one attached hydrogen (secondary N) is 2. The first kappa shape index (κ1) is 16.4. The number of rotatable bonds is 5. The molecule has 0 aromatic carbocycles. The Morgan fingerprint density at radius 3 is 2.80 bits per heavy atom. The van der Waals surface area contributed by atoms with Crippen LogP contribution >= 0.6 is 0 Å². The third-order valence-electron chi connectivity index (χ3n) is 3.35. The number of pyridine rings is 1. The van der Waals surface area contributed by atoms with Crippen LogP contribution in [-0.4, -0.2) is 26.9 Å². The van der Waals surface area contributed by atoms with E-state index in [1.807, 2.05) is 6.07 Å². The highest BCUT2D eigenvalue weighted by Gasteiger charge is 2.14. The smallest absolute Gasteiger partial charge is 0.273 e. The molecule has 2 N–H and O–H groups in total. The van der Waals surface area contributed by atoms with Crippen LogP contribution in [0.2, 0.25) is 0 Å². The summed E-state index contributed by atoms with van der Waals surface area (Å²) in [4.78, 5) is 31.9. The molecule has 0 unspecified atom stereocenters. The van der Waals surface area contributed by atoms with Crippen molar-refractivity contribution in [2.24, 2.45) is 0 Å². The molecule has 3 heterocycles. The van der Waals surface area contributed by atoms with Crippen molar-refractivity contribution in [3.05, 3.63) is 53.9 Å². The number of hydrogen-bond acceptors (Lipinski definition) is 7. The average molecular weight is 341 g/mol. The zero-order valence-electron chi connectivity index (χ0n) is 13.4. The molecule has 2 amide bonds. The van der Waals surface area contributed by atoms with Gasteiger partial charge >= 0.3 is 0 Å². The standard InChI is InChI=1S/C16H15N5O4/c1-10-11(7-9-24-10)16(23)20-19-13(22)5-6-14-18-15(21-25-14)12-4-2-3-8-17-12/h2-4,7-9H,5-6H2,1H3,(H,19,22)(H,20,23). The first-order chi connectivity index (χ1) is 12.1. The predicted octanol–water partition coefficient (Wildman–Crippen LogP) is 1.43. The second-order valence-electron chi connectivity index (χ2n) is 5.12. The predicted molar refractivity (Wildman–Crippen MR) is 84.9 cm³/mol. The lowest BCUT2D eigenvalue weighted by Crippen LogP contribution is -2.41. The van der Waals surface area contributed by atoms with E-state index in [0.29, 0.717) is 28.7 Å². The molecule has 3 rings (SSSR count). The number of hydrazine groups is 1. The van der Waals surface area contributed by atoms with Crippen LogP contribution in [0.25, 0.3) is 11.5 Å². The van der Waals surface area contributed by atoms with Crippen LogP contribution in [0.15, 0.2) is 45.7 Å². The van der Waals surface area contributed by atoms with Gasteiger partial charge in [0, 0.05) is 19.0 Å². The van der Waals surface area contributed by atoms with Crippen LogP contribution in [-0.2, 0) is 11.2 Å². The summed E-state index contributed by atoms with van der Waals surface area (Å²) in [5.41, 5.74) is 5.59. The first-order valence-corrected chi connectivity index (χ1v) is 7.51. The van der Waals surface area contributed by atoms with E-state index in [1.165, 1.54) is 12.3 Å². The second kappa shape index (κ2) is 7.39. The van der Waals surface area contributed by atoms with Gasteiger partial charge in [0.05, 0.1) is 11.8 Å². The van der Waals surface area contributed by atoms with Gasteiger partial charge in [0.25, 0.3) is 5.91 Å². The molecule has 0 saturated heterocycles. The summed E-state index contributed by atoms with van der Waals surface area (Å²) in [6, 6.07) is 6.88. The Hall–Kier alpha value is -3.49. The monoisotopic (exact) mass is 341 g/mol. The molecule has 0 aliphatic carbocycles. The van der Waals surface area contributed by atoms with Gasteiger partial charge in [0.2, 0.25) is 17.6 Å². The molecule has 0 bridgehead atoms. The van der Waals surface area contributed by atoms with Crippen LogP contribution in [0.3, 0.4) is 0 Å². The molecule has 128 valence electrons. The summed E-state index contributed by atoms with van der Waals surface area (Å²) < 4.78 is 10.1. The fourth-order valence-electron chi connectivity index (χ4n) is 2.05. The van der Waals surface area contributed by atoms with Crippen molar-refractivity contribution in [2.75, 3.05) is 0 Å². The Kier molecular flexibility index (Phi) is 4.84. The molecule has 0 aliphatic rings. The van der Waals surface area contributed by atoms with Gasteiger partial charge in [-0.05, 0) is 25.1 Å². The fourth-order valence-corrected chi connectivity index (χ4v) is 2.05. The Labute approximate surface area is 142 Å². The summed E-state index contributed by atoms with van der Waals surface area (Å²) in [6.45, 7) is 1.66. The minimum Gasteiger partial charge on any atom is -0.469 e. The third-order valence-corrected chi connectivity index (χ3v) is 3.35. The number of aromatic nitrogens is 3. The van der Waals surface area contributed by atoms with E-state index in [9.17, 15) is 9.59 Å². The maximum absolute atomic E-state index is 11.8. The van der Waals surface area contributed by atoms with Gasteiger partial charge in [-0.25, -0.2) is 0 Å². The highest BCUT2D eigenvalue weighted by Crippen LogP contribution is 2.12. The summed E-state index contributed by atoms with van der Waals surface area (Å²) in [6.07, 6.45) is 3.35. The summed E-state index contributed by atoms with van der Waals surface area (Å²) in [5.74, 6) is 0.314. The normalized spacial score (nSPS) is 10.4. The van der Waals surface area contributed by atoms with Gasteiger partial charge in [0.15, 0.2) is 0 Å². The highest BCUT2D eigenvalue weighted by atomic mass is 16.5. The van der Waals surface area contributed by atoms with Crippen LogP contribution < -0.4 is 10.9 Å². The van der Waals surface area contributed by atoms with E-state index in [4.69, 9.17) is 8.94 Å². The summed E-state index contributed by atoms with van der Waals surface area (Å²) >= 11 is 0. The number of nitrogens with zero attached hydrogens (tertiary/aromatic N) is 3. The topological polar surface area (TPSA) is 123 Å². The molecule has 0 saturated carbocycles. The van der Waals surface area contributed by atoms with E-state index in [2.05, 4.69) is 26.0 Å². The van der Waals surface area contributed by atoms with Gasteiger partial charge in [-0.1, -0.05) is 11.2 Å². The molecule has 0 spiro atoms. The molecule has 3 aromatic heterocycles. The number of aryl methyl sites for hydroxylation is 2. The molecule has 0 atom stereocenters. The maximum atomic E-state index is 11.8. The molecule has 0 radical (unpaired) electrons. The van der Waals surface area contributed by atoms with E-state index in [-0.39, 0.29) is 18.7 Å². The zero-order valence-corrected chi connectivity index (χ0v) is 13.4. The lowest BCUT2D eigenvalue weighted by molar-refractivity contribution is -0.121. The Morgan fingerprint density at radius 1 is 1.20 bits per heavy atom. The van der Waals surface area contributed by atoms with Gasteiger partial charge in [0.1, 0.15) is 11.5 Å². The fraction of sp³-hybridized carbons (Fsp3) is 0.188. The molecule has 9 heteroatoms. The molecule has 0 aliphatic heterocycles. The minimum absolute atomic E-state index is 0.0779. The van der Waals surface area contributed by atoms with Crippen molar-refractivity contribution >= 4 is 11.8 Å². The van der Waals surface area contributed by atoms with Crippen LogP contribution in [0.4, 0.5) is 0 Å². The van der Waals surface area contributed by atoms with E-state index in [1.54, 1.807) is 25.3 Å². The average Bonchev–Trinajstić information content (AvgIpc) is 3.27. The highest BCUT2D eigenvalue weighted by molar-refractivity contribution is 5.96. The lowest BCUT2D eigenvalue weighted by Gasteiger charge is -2.05. The largest absolute Gasteiger partial charge is 0.469 e. The summed E-state index contributed by atoms with van der Waals surface area (Å²) in [5, 5.41) is 3.82. The molecule has 3 aromatic rings. The van der Waals surface area contributed by atoms with E-state index >= 15 is 0 Å². The van der Waals surface area contributed by atoms with Crippen molar-refractivity contribution in [2.45, 2.75) is 19.8 Å². The summed E-state index contributed by atoms with van der Waals surface area (Å²) in [7, 11) is 0. The van der Waals surface area contributed by atoms with Crippen LogP contribution in [0.5, 0.6) is 0 Å². The van der Waals surface area contributed by atoms with E-state index < -0.39 is 5.91 Å². The zero-order chi connectivity index (χ0) is 17.6. The second-order valence-corrected chi connectivity index (χ2v) is 5.12. The van der Waals surface area contributed by atoms with Crippen molar-refractivity contribution in [1.82, 2.24) is 26.0 Å². The quantitative estimate of drug-likeness (QED) is 0.673. The van der Waals surface area contributed by atoms with Crippen LogP contribution in [0.1, 0.15) is 28.4 Å². The molecule has 9 nitrogen and oxygen atoms in total. The van der Waals surface area contributed by atoms with Gasteiger partial charge in [-0.2, -0.15) is 4.98 Å². The Balaban J connectivity index is 1.47. The van der Waals surface area contributed by atoms with Gasteiger partial charge < -0.3 is 8.94 Å². The van der Waals surface area contributed by atoms with E-state index in [0.717, 1.165) is 0 Å². The van der Waals surface area contributed by atoms with Crippen LogP contribution in [0, 0.1) is 6.92 Å². The SMILES string of the molecule is Cc1occc1C(=O)NNC(=O)CCc1nc(-c2ccccn2)no1. The first-order valence-electron chi connectivity index (χ1n) is 7.51. The number of hydrogen-bond donors (Lipinski definition) is 2. The maximum Gasteiger partial charge on any atom is 0.273 e. The van der Waals surface area contributed by atoms with Gasteiger partial charge in [-0.15, -0.1) is 0 Å². The molecular weight excluding hydrogens is 326 g/mol. The molecule has 0 fully saturated rings. The van der Waals surface area contributed by atoms with Crippen molar-refractivity contribution in [3.8, 4) is 11.5 Å². The number of carbonyl (C=O) groups is 2. The Bertz CT molecular complexity index is 872. The third kappa shape index (κ3) is 4.08. The Morgan fingerprint density at radius 2 is 2.08 bits per heavy atom. The number of furan rings is 1. The lowest BCUT2D eigenvalue weighted by atomic mass is 10.2. The van der Waals surface area contributed by atoms with Crippen molar-refractivity contribution in [3.63, 3.8) is 0 Å². The van der Waals surface area contributed by atoms with Gasteiger partial charge in [-0.3, -0.25) is 25.4 Å².